The van der Waals surface area contributed by atoms with E-state index in [0.717, 1.165) is 20.9 Å². The molecular formula is C20H19N3O3S. The van der Waals surface area contributed by atoms with Crippen LogP contribution in [-0.4, -0.2) is 29.1 Å². The molecular weight excluding hydrogens is 362 g/mol. The fraction of sp³-hybridized carbons (Fsp3) is 0.150. The van der Waals surface area contributed by atoms with E-state index in [1.165, 1.54) is 6.07 Å². The molecule has 0 aliphatic carbocycles. The summed E-state index contributed by atoms with van der Waals surface area (Å²) in [5.74, 6) is 0.423. The molecule has 0 aliphatic heterocycles. The Labute approximate surface area is 161 Å². The first-order chi connectivity index (χ1) is 13.1. The number of methoxy groups -OCH3 is 1. The number of nitrogens with one attached hydrogen (secondary N) is 1. The fourth-order valence-corrected chi connectivity index (χ4v) is 2.90. The van der Waals surface area contributed by atoms with Crippen molar-refractivity contribution in [3.63, 3.8) is 0 Å². The molecule has 0 saturated carbocycles. The van der Waals surface area contributed by atoms with Crippen LogP contribution in [0.2, 0.25) is 0 Å². The van der Waals surface area contributed by atoms with E-state index in [-0.39, 0.29) is 18.0 Å². The molecule has 0 bridgehead atoms. The number of carbonyl (C=O) groups is 1. The molecule has 0 aliphatic rings. The van der Waals surface area contributed by atoms with E-state index in [1.54, 1.807) is 24.9 Å². The Bertz CT molecular complexity index is 983. The van der Waals surface area contributed by atoms with Crippen LogP contribution in [0.3, 0.4) is 0 Å². The van der Waals surface area contributed by atoms with Crippen LogP contribution in [0.25, 0.3) is 11.3 Å². The Morgan fingerprint density at radius 2 is 1.78 bits per heavy atom. The second-order valence-electron chi connectivity index (χ2n) is 5.72. The van der Waals surface area contributed by atoms with Crippen molar-refractivity contribution in [1.29, 1.82) is 0 Å². The number of rotatable bonds is 6. The van der Waals surface area contributed by atoms with Gasteiger partial charge >= 0.3 is 0 Å². The highest BCUT2D eigenvalue weighted by Crippen LogP contribution is 2.20. The molecule has 1 amide bonds. The topological polar surface area (TPSA) is 73.2 Å². The summed E-state index contributed by atoms with van der Waals surface area (Å²) in [5, 5.41) is 7.08. The summed E-state index contributed by atoms with van der Waals surface area (Å²) in [6, 6.07) is 17.9. The lowest BCUT2D eigenvalue weighted by Crippen LogP contribution is -2.29. The van der Waals surface area contributed by atoms with E-state index in [0.29, 0.717) is 11.4 Å². The number of hydrogen-bond acceptors (Lipinski definition) is 5. The summed E-state index contributed by atoms with van der Waals surface area (Å²) < 4.78 is 6.30. The average Bonchev–Trinajstić information content (AvgIpc) is 2.70. The van der Waals surface area contributed by atoms with Gasteiger partial charge in [-0.05, 0) is 60.9 Å². The lowest BCUT2D eigenvalue weighted by Gasteiger charge is -2.09. The van der Waals surface area contributed by atoms with Gasteiger partial charge in [0.2, 0.25) is 5.91 Å². The van der Waals surface area contributed by atoms with Crippen LogP contribution in [0.1, 0.15) is 0 Å². The normalized spacial score (nSPS) is 10.4. The van der Waals surface area contributed by atoms with Crippen molar-refractivity contribution in [2.24, 2.45) is 0 Å². The SMILES string of the molecule is COc1ccc(-c2ccc(=O)n(CC(=O)Nc3ccc(SC)cc3)n2)cc1. The van der Waals surface area contributed by atoms with Gasteiger partial charge in [-0.1, -0.05) is 0 Å². The van der Waals surface area contributed by atoms with Crippen LogP contribution in [0.4, 0.5) is 5.69 Å². The van der Waals surface area contributed by atoms with Crippen molar-refractivity contribution in [2.75, 3.05) is 18.7 Å². The third kappa shape index (κ3) is 4.77. The van der Waals surface area contributed by atoms with E-state index in [2.05, 4.69) is 10.4 Å². The Hall–Kier alpha value is -3.06. The van der Waals surface area contributed by atoms with Gasteiger partial charge in [0.25, 0.3) is 5.56 Å². The molecule has 1 heterocycles. The van der Waals surface area contributed by atoms with E-state index in [1.807, 2.05) is 54.8 Å². The van der Waals surface area contributed by atoms with Crippen LogP contribution < -0.4 is 15.6 Å². The fourth-order valence-electron chi connectivity index (χ4n) is 2.49. The molecule has 1 N–H and O–H groups in total. The first kappa shape index (κ1) is 18.7. The highest BCUT2D eigenvalue weighted by Gasteiger charge is 2.09. The first-order valence-corrected chi connectivity index (χ1v) is 9.48. The number of aromatic nitrogens is 2. The van der Waals surface area contributed by atoms with E-state index < -0.39 is 0 Å². The Balaban J connectivity index is 1.75. The summed E-state index contributed by atoms with van der Waals surface area (Å²) in [6.07, 6.45) is 1.99. The predicted molar refractivity (Wildman–Crippen MR) is 107 cm³/mol. The zero-order valence-electron chi connectivity index (χ0n) is 15.0. The molecule has 1 aromatic heterocycles. The standard InChI is InChI=1S/C20H19N3O3S/c1-26-16-7-3-14(4-8-16)18-11-12-20(25)23(22-18)13-19(24)21-15-5-9-17(27-2)10-6-15/h3-12H,13H2,1-2H3,(H,21,24). The number of ether oxygens (including phenoxy) is 1. The van der Waals surface area contributed by atoms with Crippen molar-refractivity contribution in [3.8, 4) is 17.0 Å². The predicted octanol–water partition coefficient (Wildman–Crippen LogP) is 3.28. The third-order valence-electron chi connectivity index (χ3n) is 3.92. The molecule has 0 fully saturated rings. The maximum absolute atomic E-state index is 12.3. The number of nitrogens with zero attached hydrogens (tertiary/aromatic N) is 2. The number of amides is 1. The van der Waals surface area contributed by atoms with Gasteiger partial charge in [0.05, 0.1) is 12.8 Å². The van der Waals surface area contributed by atoms with Gasteiger partial charge in [-0.25, -0.2) is 4.68 Å². The van der Waals surface area contributed by atoms with Crippen molar-refractivity contribution in [1.82, 2.24) is 9.78 Å². The third-order valence-corrected chi connectivity index (χ3v) is 4.66. The number of hydrogen-bond donors (Lipinski definition) is 1. The van der Waals surface area contributed by atoms with Crippen molar-refractivity contribution in [2.45, 2.75) is 11.4 Å². The van der Waals surface area contributed by atoms with Gasteiger partial charge in [0.15, 0.2) is 0 Å². The molecule has 0 radical (unpaired) electrons. The Kier molecular flexibility index (Phi) is 5.93. The van der Waals surface area contributed by atoms with Crippen LogP contribution >= 0.6 is 11.8 Å². The summed E-state index contributed by atoms with van der Waals surface area (Å²) in [5.41, 5.74) is 1.78. The van der Waals surface area contributed by atoms with Crippen LogP contribution in [-0.2, 0) is 11.3 Å². The largest absolute Gasteiger partial charge is 0.497 e. The number of thioether (sulfide) groups is 1. The highest BCUT2D eigenvalue weighted by atomic mass is 32.2. The average molecular weight is 381 g/mol. The molecule has 0 spiro atoms. The van der Waals surface area contributed by atoms with Crippen LogP contribution in [0, 0.1) is 0 Å². The van der Waals surface area contributed by atoms with Crippen molar-refractivity contribution in [3.05, 3.63) is 71.0 Å². The molecule has 138 valence electrons. The molecule has 0 unspecified atom stereocenters. The second-order valence-corrected chi connectivity index (χ2v) is 6.60. The molecule has 7 heteroatoms. The number of carbonyl (C=O) groups excluding carboxylic acids is 1. The molecule has 0 atom stereocenters. The molecule has 6 nitrogen and oxygen atoms in total. The number of benzene rings is 2. The zero-order chi connectivity index (χ0) is 19.2. The Morgan fingerprint density at radius 1 is 1.07 bits per heavy atom. The Morgan fingerprint density at radius 3 is 2.41 bits per heavy atom. The summed E-state index contributed by atoms with van der Waals surface area (Å²) in [7, 11) is 1.60. The molecule has 3 rings (SSSR count). The monoisotopic (exact) mass is 381 g/mol. The number of anilines is 1. The van der Waals surface area contributed by atoms with Crippen molar-refractivity contribution < 1.29 is 9.53 Å². The zero-order valence-corrected chi connectivity index (χ0v) is 15.8. The lowest BCUT2D eigenvalue weighted by molar-refractivity contribution is -0.117. The van der Waals surface area contributed by atoms with Gasteiger partial charge in [0, 0.05) is 22.2 Å². The van der Waals surface area contributed by atoms with E-state index >= 15 is 0 Å². The van der Waals surface area contributed by atoms with Crippen molar-refractivity contribution >= 4 is 23.4 Å². The smallest absolute Gasteiger partial charge is 0.267 e. The molecule has 0 saturated heterocycles. The minimum atomic E-state index is -0.333. The van der Waals surface area contributed by atoms with Crippen LogP contribution in [0.15, 0.2) is 70.4 Å². The van der Waals surface area contributed by atoms with Gasteiger partial charge in [0.1, 0.15) is 12.3 Å². The van der Waals surface area contributed by atoms with Gasteiger partial charge in [-0.2, -0.15) is 5.10 Å². The quantitative estimate of drug-likeness (QED) is 0.664. The van der Waals surface area contributed by atoms with E-state index in [9.17, 15) is 9.59 Å². The van der Waals surface area contributed by atoms with Crippen LogP contribution in [0.5, 0.6) is 5.75 Å². The van der Waals surface area contributed by atoms with Gasteiger partial charge in [-0.15, -0.1) is 11.8 Å². The van der Waals surface area contributed by atoms with E-state index in [4.69, 9.17) is 4.74 Å². The van der Waals surface area contributed by atoms with Gasteiger partial charge < -0.3 is 10.1 Å². The molecule has 3 aromatic rings. The lowest BCUT2D eigenvalue weighted by atomic mass is 10.1. The summed E-state index contributed by atoms with van der Waals surface area (Å²) in [6.45, 7) is -0.160. The summed E-state index contributed by atoms with van der Waals surface area (Å²) >= 11 is 1.63. The molecule has 2 aromatic carbocycles. The summed E-state index contributed by atoms with van der Waals surface area (Å²) in [4.78, 5) is 25.5. The highest BCUT2D eigenvalue weighted by molar-refractivity contribution is 7.98. The second kappa shape index (κ2) is 8.55. The maximum Gasteiger partial charge on any atom is 0.267 e. The maximum atomic E-state index is 12.3. The molecule has 27 heavy (non-hydrogen) atoms. The first-order valence-electron chi connectivity index (χ1n) is 8.25. The minimum Gasteiger partial charge on any atom is -0.497 e. The minimum absolute atomic E-state index is 0.160. The van der Waals surface area contributed by atoms with Gasteiger partial charge in [-0.3, -0.25) is 9.59 Å².